The van der Waals surface area contributed by atoms with Crippen molar-refractivity contribution in [3.63, 3.8) is 0 Å². The van der Waals surface area contributed by atoms with Crippen LogP contribution in [0.2, 0.25) is 0 Å². The Morgan fingerprint density at radius 3 is 3.00 bits per heavy atom. The number of Topliss-reactive ketones (excluding diaryl/α,β-unsaturated/α-hetero) is 1. The van der Waals surface area contributed by atoms with E-state index in [2.05, 4.69) is 4.90 Å². The number of hydrogen-bond donors (Lipinski definition) is 0. The van der Waals surface area contributed by atoms with Gasteiger partial charge in [0.15, 0.2) is 5.78 Å². The lowest BCUT2D eigenvalue weighted by molar-refractivity contribution is -0.124. The summed E-state index contributed by atoms with van der Waals surface area (Å²) < 4.78 is 6.01. The largest absolute Gasteiger partial charge is 0.362 e. The minimum atomic E-state index is -0.101. The highest BCUT2D eigenvalue weighted by atomic mass is 16.5. The standard InChI is InChI=1S/C11H17NO2/c1-2-10-9(13)5-11(14-10)7-12-4-3-8(11)6-12/h8,10H,2-7H2,1H3/t8-,10-,11-/m0/s1. The molecule has 3 heteroatoms. The average Bonchev–Trinajstić information content (AvgIpc) is 2.80. The molecule has 0 N–H and O–H groups in total. The number of hydrogen-bond acceptors (Lipinski definition) is 3. The molecule has 0 radical (unpaired) electrons. The minimum absolute atomic E-state index is 0.0734. The molecule has 3 saturated heterocycles. The quantitative estimate of drug-likeness (QED) is 0.620. The Labute approximate surface area is 84.4 Å². The van der Waals surface area contributed by atoms with Crippen molar-refractivity contribution in [2.45, 2.75) is 37.9 Å². The van der Waals surface area contributed by atoms with E-state index < -0.39 is 0 Å². The number of fused-ring (bicyclic) bond motifs is 3. The normalized spacial score (nSPS) is 50.9. The minimum Gasteiger partial charge on any atom is -0.362 e. The lowest BCUT2D eigenvalue weighted by atomic mass is 9.85. The van der Waals surface area contributed by atoms with Crippen LogP contribution < -0.4 is 0 Å². The molecule has 1 unspecified atom stereocenters. The molecule has 3 nitrogen and oxygen atoms in total. The zero-order chi connectivity index (χ0) is 9.76. The summed E-state index contributed by atoms with van der Waals surface area (Å²) in [6.45, 7) is 5.40. The van der Waals surface area contributed by atoms with Crippen LogP contribution in [0.1, 0.15) is 26.2 Å². The first kappa shape index (κ1) is 8.86. The van der Waals surface area contributed by atoms with Gasteiger partial charge in [0.05, 0.1) is 5.60 Å². The van der Waals surface area contributed by atoms with Crippen molar-refractivity contribution in [3.8, 4) is 0 Å². The molecule has 14 heavy (non-hydrogen) atoms. The number of carbonyl (C=O) groups excluding carboxylic acids is 1. The van der Waals surface area contributed by atoms with Gasteiger partial charge in [-0.2, -0.15) is 0 Å². The van der Waals surface area contributed by atoms with Gasteiger partial charge in [-0.05, 0) is 19.4 Å². The van der Waals surface area contributed by atoms with E-state index in [9.17, 15) is 4.79 Å². The summed E-state index contributed by atoms with van der Waals surface area (Å²) in [5, 5.41) is 0. The molecule has 0 aromatic carbocycles. The molecule has 0 aliphatic carbocycles. The van der Waals surface area contributed by atoms with Crippen molar-refractivity contribution in [1.29, 1.82) is 0 Å². The summed E-state index contributed by atoms with van der Waals surface area (Å²) in [6, 6.07) is 0. The Kier molecular flexibility index (Phi) is 1.77. The topological polar surface area (TPSA) is 29.5 Å². The fraction of sp³-hybridized carbons (Fsp3) is 0.909. The van der Waals surface area contributed by atoms with Gasteiger partial charge in [-0.3, -0.25) is 4.79 Å². The summed E-state index contributed by atoms with van der Waals surface area (Å²) in [6.07, 6.45) is 2.64. The van der Waals surface area contributed by atoms with E-state index in [0.29, 0.717) is 18.1 Å². The molecule has 0 aromatic rings. The lowest BCUT2D eigenvalue weighted by Gasteiger charge is -2.32. The molecule has 1 spiro atoms. The van der Waals surface area contributed by atoms with Crippen molar-refractivity contribution in [2.24, 2.45) is 5.92 Å². The van der Waals surface area contributed by atoms with Crippen LogP contribution in [0.15, 0.2) is 0 Å². The number of nitrogens with zero attached hydrogens (tertiary/aromatic N) is 1. The van der Waals surface area contributed by atoms with E-state index in [1.54, 1.807) is 0 Å². The zero-order valence-corrected chi connectivity index (χ0v) is 8.66. The summed E-state index contributed by atoms with van der Waals surface area (Å²) >= 11 is 0. The van der Waals surface area contributed by atoms with Crippen LogP contribution in [0.3, 0.4) is 0 Å². The first-order chi connectivity index (χ1) is 6.73. The number of piperidine rings is 1. The third-order valence-corrected chi connectivity index (χ3v) is 4.09. The fourth-order valence-corrected chi connectivity index (χ4v) is 3.36. The Morgan fingerprint density at radius 1 is 1.64 bits per heavy atom. The van der Waals surface area contributed by atoms with Gasteiger partial charge >= 0.3 is 0 Å². The molecule has 0 amide bonds. The highest BCUT2D eigenvalue weighted by Crippen LogP contribution is 2.45. The molecule has 3 rings (SSSR count). The second-order valence-electron chi connectivity index (χ2n) is 4.94. The highest BCUT2D eigenvalue weighted by Gasteiger charge is 2.57. The molecule has 0 saturated carbocycles. The van der Waals surface area contributed by atoms with Gasteiger partial charge in [-0.15, -0.1) is 0 Å². The van der Waals surface area contributed by atoms with Gasteiger partial charge in [-0.25, -0.2) is 0 Å². The maximum absolute atomic E-state index is 11.7. The van der Waals surface area contributed by atoms with E-state index in [4.69, 9.17) is 4.74 Å². The fourth-order valence-electron chi connectivity index (χ4n) is 3.36. The van der Waals surface area contributed by atoms with Crippen LogP contribution in [0, 0.1) is 5.92 Å². The van der Waals surface area contributed by atoms with Crippen LogP contribution in [0.4, 0.5) is 0 Å². The molecule has 3 heterocycles. The van der Waals surface area contributed by atoms with E-state index in [0.717, 1.165) is 19.5 Å². The van der Waals surface area contributed by atoms with Gasteiger partial charge in [-0.1, -0.05) is 6.92 Å². The molecule has 2 bridgehead atoms. The Hall–Kier alpha value is -0.410. The van der Waals surface area contributed by atoms with Crippen molar-refractivity contribution in [3.05, 3.63) is 0 Å². The van der Waals surface area contributed by atoms with Crippen molar-refractivity contribution in [1.82, 2.24) is 4.90 Å². The predicted molar refractivity (Wildman–Crippen MR) is 52.1 cm³/mol. The summed E-state index contributed by atoms with van der Waals surface area (Å²) in [5.74, 6) is 0.962. The number of ketones is 1. The van der Waals surface area contributed by atoms with Gasteiger partial charge in [0.1, 0.15) is 6.10 Å². The third-order valence-electron chi connectivity index (χ3n) is 4.09. The predicted octanol–water partition coefficient (Wildman–Crippen LogP) is 0.829. The summed E-state index contributed by atoms with van der Waals surface area (Å²) in [4.78, 5) is 14.1. The molecule has 78 valence electrons. The van der Waals surface area contributed by atoms with E-state index in [1.165, 1.54) is 13.0 Å². The number of carbonyl (C=O) groups is 1. The first-order valence-electron chi connectivity index (χ1n) is 5.66. The summed E-state index contributed by atoms with van der Waals surface area (Å²) in [5.41, 5.74) is -0.0734. The molecule has 3 aliphatic heterocycles. The number of ether oxygens (including phenoxy) is 1. The molecular weight excluding hydrogens is 178 g/mol. The zero-order valence-electron chi connectivity index (χ0n) is 8.66. The molecule has 4 atom stereocenters. The van der Waals surface area contributed by atoms with Crippen LogP contribution in [0.5, 0.6) is 0 Å². The number of rotatable bonds is 1. The third kappa shape index (κ3) is 1.03. The van der Waals surface area contributed by atoms with Crippen LogP contribution in [0.25, 0.3) is 0 Å². The highest BCUT2D eigenvalue weighted by molar-refractivity contribution is 5.86. The van der Waals surface area contributed by atoms with Crippen molar-refractivity contribution in [2.75, 3.05) is 19.6 Å². The molecule has 0 aromatic heterocycles. The second-order valence-corrected chi connectivity index (χ2v) is 4.94. The van der Waals surface area contributed by atoms with E-state index >= 15 is 0 Å². The maximum Gasteiger partial charge on any atom is 0.164 e. The average molecular weight is 195 g/mol. The Morgan fingerprint density at radius 2 is 2.50 bits per heavy atom. The maximum atomic E-state index is 11.7. The molecule has 3 fully saturated rings. The van der Waals surface area contributed by atoms with Gasteiger partial charge < -0.3 is 9.64 Å². The lowest BCUT2D eigenvalue weighted by Crippen LogP contribution is -2.42. The van der Waals surface area contributed by atoms with Crippen LogP contribution in [-0.2, 0) is 9.53 Å². The van der Waals surface area contributed by atoms with E-state index in [1.807, 2.05) is 6.92 Å². The first-order valence-corrected chi connectivity index (χ1v) is 5.66. The van der Waals surface area contributed by atoms with Gasteiger partial charge in [0, 0.05) is 25.4 Å². The molecular formula is C11H17NO2. The SMILES string of the molecule is CC[C@@H]1O[C@@]2(CC1=O)CN1CC[C@H]2C1. The monoisotopic (exact) mass is 195 g/mol. The Balaban J connectivity index is 1.83. The second kappa shape index (κ2) is 2.80. The smallest absolute Gasteiger partial charge is 0.164 e. The van der Waals surface area contributed by atoms with Crippen LogP contribution in [-0.4, -0.2) is 42.0 Å². The summed E-state index contributed by atoms with van der Waals surface area (Å²) in [7, 11) is 0. The van der Waals surface area contributed by atoms with Crippen LogP contribution >= 0.6 is 0 Å². The van der Waals surface area contributed by atoms with Crippen molar-refractivity contribution < 1.29 is 9.53 Å². The van der Waals surface area contributed by atoms with E-state index in [-0.39, 0.29) is 11.7 Å². The van der Waals surface area contributed by atoms with Gasteiger partial charge in [0.2, 0.25) is 0 Å². The Bertz CT molecular complexity index is 278. The van der Waals surface area contributed by atoms with Gasteiger partial charge in [0.25, 0.3) is 0 Å². The molecule has 3 aliphatic rings. The van der Waals surface area contributed by atoms with Crippen molar-refractivity contribution >= 4 is 5.78 Å².